The fraction of sp³-hybridized carbons (Fsp3) is 1.00. The molecule has 0 saturated heterocycles. The van der Waals surface area contributed by atoms with E-state index in [0.29, 0.717) is 6.04 Å². The quantitative estimate of drug-likeness (QED) is 0.609. The standard InChI is InChI=1S/C7H17NO/c1-5-7(6(2)9)8(3)4/h6-7,9H,5H2,1-4H3/t6?,7-/m1/s1. The largest absolute Gasteiger partial charge is 0.392 e. The summed E-state index contributed by atoms with van der Waals surface area (Å²) >= 11 is 0. The molecule has 1 N–H and O–H groups in total. The molecule has 0 aliphatic carbocycles. The molecular weight excluding hydrogens is 114 g/mol. The first kappa shape index (κ1) is 8.92. The van der Waals surface area contributed by atoms with Crippen LogP contribution < -0.4 is 0 Å². The normalized spacial score (nSPS) is 18.0. The Morgan fingerprint density at radius 2 is 1.89 bits per heavy atom. The number of aliphatic hydroxyl groups excluding tert-OH is 1. The van der Waals surface area contributed by atoms with Crippen LogP contribution in [0.3, 0.4) is 0 Å². The van der Waals surface area contributed by atoms with Gasteiger partial charge >= 0.3 is 0 Å². The van der Waals surface area contributed by atoms with Crippen molar-refractivity contribution in [2.24, 2.45) is 0 Å². The first-order valence-electron chi connectivity index (χ1n) is 3.44. The van der Waals surface area contributed by atoms with Crippen LogP contribution >= 0.6 is 0 Å². The second-order valence-electron chi connectivity index (χ2n) is 2.68. The van der Waals surface area contributed by atoms with Gasteiger partial charge in [-0.25, -0.2) is 0 Å². The van der Waals surface area contributed by atoms with Crippen LogP contribution in [0.5, 0.6) is 0 Å². The van der Waals surface area contributed by atoms with E-state index in [0.717, 1.165) is 6.42 Å². The molecule has 0 fully saturated rings. The van der Waals surface area contributed by atoms with E-state index in [9.17, 15) is 0 Å². The number of nitrogens with zero attached hydrogens (tertiary/aromatic N) is 1. The van der Waals surface area contributed by atoms with Crippen LogP contribution in [0.4, 0.5) is 0 Å². The van der Waals surface area contributed by atoms with Gasteiger partial charge in [-0.15, -0.1) is 0 Å². The van der Waals surface area contributed by atoms with Crippen LogP contribution in [-0.2, 0) is 0 Å². The fourth-order valence-electron chi connectivity index (χ4n) is 1.14. The molecule has 0 aliphatic rings. The molecule has 0 amide bonds. The third-order valence-electron chi connectivity index (χ3n) is 1.64. The van der Waals surface area contributed by atoms with Gasteiger partial charge in [0.15, 0.2) is 0 Å². The van der Waals surface area contributed by atoms with Crippen molar-refractivity contribution in [1.82, 2.24) is 4.90 Å². The summed E-state index contributed by atoms with van der Waals surface area (Å²) in [5, 5.41) is 9.14. The molecule has 0 heterocycles. The zero-order valence-electron chi connectivity index (χ0n) is 6.76. The number of aliphatic hydroxyl groups is 1. The number of rotatable bonds is 3. The van der Waals surface area contributed by atoms with Crippen LogP contribution in [-0.4, -0.2) is 36.2 Å². The molecule has 56 valence electrons. The van der Waals surface area contributed by atoms with E-state index < -0.39 is 0 Å². The van der Waals surface area contributed by atoms with Gasteiger partial charge in [-0.1, -0.05) is 6.92 Å². The highest BCUT2D eigenvalue weighted by Crippen LogP contribution is 2.03. The molecule has 0 radical (unpaired) electrons. The zero-order valence-corrected chi connectivity index (χ0v) is 6.76. The maximum atomic E-state index is 9.14. The first-order chi connectivity index (χ1) is 4.09. The van der Waals surface area contributed by atoms with E-state index in [-0.39, 0.29) is 6.10 Å². The molecule has 0 spiro atoms. The molecule has 0 aromatic carbocycles. The van der Waals surface area contributed by atoms with Crippen molar-refractivity contribution in [2.45, 2.75) is 32.4 Å². The Morgan fingerprint density at radius 1 is 1.44 bits per heavy atom. The highest BCUT2D eigenvalue weighted by molar-refractivity contribution is 4.68. The Balaban J connectivity index is 3.68. The minimum absolute atomic E-state index is 0.218. The first-order valence-corrected chi connectivity index (χ1v) is 3.44. The molecule has 0 rings (SSSR count). The predicted molar refractivity (Wildman–Crippen MR) is 39.4 cm³/mol. The highest BCUT2D eigenvalue weighted by Gasteiger charge is 2.13. The van der Waals surface area contributed by atoms with Crippen molar-refractivity contribution in [1.29, 1.82) is 0 Å². The van der Waals surface area contributed by atoms with Crippen molar-refractivity contribution in [2.75, 3.05) is 14.1 Å². The molecule has 1 unspecified atom stereocenters. The Hall–Kier alpha value is -0.0800. The average molecular weight is 131 g/mol. The van der Waals surface area contributed by atoms with Crippen molar-refractivity contribution in [3.05, 3.63) is 0 Å². The maximum Gasteiger partial charge on any atom is 0.0666 e. The summed E-state index contributed by atoms with van der Waals surface area (Å²) in [6.45, 7) is 3.91. The number of hydrogen-bond acceptors (Lipinski definition) is 2. The van der Waals surface area contributed by atoms with Crippen molar-refractivity contribution in [3.8, 4) is 0 Å². The summed E-state index contributed by atoms with van der Waals surface area (Å²) in [5.74, 6) is 0. The van der Waals surface area contributed by atoms with Crippen LogP contribution in [0.2, 0.25) is 0 Å². The second kappa shape index (κ2) is 3.85. The van der Waals surface area contributed by atoms with Gasteiger partial charge < -0.3 is 10.0 Å². The number of hydrogen-bond donors (Lipinski definition) is 1. The summed E-state index contributed by atoms with van der Waals surface area (Å²) in [7, 11) is 3.97. The van der Waals surface area contributed by atoms with E-state index in [1.54, 1.807) is 0 Å². The van der Waals surface area contributed by atoms with Gasteiger partial charge in [0.1, 0.15) is 0 Å². The Bertz CT molecular complexity index is 63.3. The van der Waals surface area contributed by atoms with Gasteiger partial charge in [0.05, 0.1) is 6.10 Å². The maximum absolute atomic E-state index is 9.14. The average Bonchev–Trinajstić information content (AvgIpc) is 1.64. The minimum atomic E-state index is -0.218. The van der Waals surface area contributed by atoms with Crippen LogP contribution in [0.1, 0.15) is 20.3 Å². The highest BCUT2D eigenvalue weighted by atomic mass is 16.3. The molecule has 9 heavy (non-hydrogen) atoms. The van der Waals surface area contributed by atoms with E-state index in [4.69, 9.17) is 5.11 Å². The predicted octanol–water partition coefficient (Wildman–Crippen LogP) is 0.707. The molecule has 2 heteroatoms. The van der Waals surface area contributed by atoms with Gasteiger partial charge in [-0.2, -0.15) is 0 Å². The van der Waals surface area contributed by atoms with Crippen molar-refractivity contribution < 1.29 is 5.11 Å². The van der Waals surface area contributed by atoms with E-state index in [1.165, 1.54) is 0 Å². The molecule has 0 bridgehead atoms. The second-order valence-corrected chi connectivity index (χ2v) is 2.68. The van der Waals surface area contributed by atoms with Gasteiger partial charge in [0.2, 0.25) is 0 Å². The van der Waals surface area contributed by atoms with E-state index in [2.05, 4.69) is 6.92 Å². The zero-order chi connectivity index (χ0) is 7.44. The summed E-state index contributed by atoms with van der Waals surface area (Å²) in [6.07, 6.45) is 0.787. The molecular formula is C7H17NO. The van der Waals surface area contributed by atoms with Gasteiger partial charge in [-0.3, -0.25) is 0 Å². The lowest BCUT2D eigenvalue weighted by Gasteiger charge is -2.25. The lowest BCUT2D eigenvalue weighted by atomic mass is 10.1. The Labute approximate surface area is 57.5 Å². The smallest absolute Gasteiger partial charge is 0.0666 e. The molecule has 0 aliphatic heterocycles. The van der Waals surface area contributed by atoms with Crippen LogP contribution in [0.15, 0.2) is 0 Å². The van der Waals surface area contributed by atoms with Gasteiger partial charge in [0, 0.05) is 6.04 Å². The van der Waals surface area contributed by atoms with Gasteiger partial charge in [0.25, 0.3) is 0 Å². The van der Waals surface area contributed by atoms with Crippen LogP contribution in [0.25, 0.3) is 0 Å². The van der Waals surface area contributed by atoms with Crippen molar-refractivity contribution in [3.63, 3.8) is 0 Å². The Kier molecular flexibility index (Phi) is 3.82. The minimum Gasteiger partial charge on any atom is -0.392 e. The third kappa shape index (κ3) is 2.82. The monoisotopic (exact) mass is 131 g/mol. The summed E-state index contributed by atoms with van der Waals surface area (Å²) in [5.41, 5.74) is 0. The van der Waals surface area contributed by atoms with E-state index in [1.807, 2.05) is 25.9 Å². The number of likely N-dealkylation sites (N-methyl/N-ethyl adjacent to an activating group) is 1. The lowest BCUT2D eigenvalue weighted by molar-refractivity contribution is 0.0882. The Morgan fingerprint density at radius 3 is 1.89 bits per heavy atom. The molecule has 2 nitrogen and oxygen atoms in total. The summed E-state index contributed by atoms with van der Waals surface area (Å²) in [4.78, 5) is 2.05. The topological polar surface area (TPSA) is 23.5 Å². The third-order valence-corrected chi connectivity index (χ3v) is 1.64. The lowest BCUT2D eigenvalue weighted by Crippen LogP contribution is -2.36. The summed E-state index contributed by atoms with van der Waals surface area (Å²) < 4.78 is 0. The SMILES string of the molecule is CC[C@H](C(C)O)N(C)C. The molecule has 0 aromatic rings. The van der Waals surface area contributed by atoms with Gasteiger partial charge in [-0.05, 0) is 27.4 Å². The molecule has 0 aromatic heterocycles. The van der Waals surface area contributed by atoms with Crippen LogP contribution in [0, 0.1) is 0 Å². The van der Waals surface area contributed by atoms with E-state index >= 15 is 0 Å². The molecule has 2 atom stereocenters. The summed E-state index contributed by atoms with van der Waals surface area (Å²) in [6, 6.07) is 0.310. The molecule has 0 saturated carbocycles. The fourth-order valence-corrected chi connectivity index (χ4v) is 1.14. The van der Waals surface area contributed by atoms with Crippen molar-refractivity contribution >= 4 is 0 Å².